The van der Waals surface area contributed by atoms with Crippen LogP contribution in [0.1, 0.15) is 23.2 Å². The first-order chi connectivity index (χ1) is 9.46. The van der Waals surface area contributed by atoms with Gasteiger partial charge < -0.3 is 5.32 Å². The number of carbonyl (C=O) groups excluding carboxylic acids is 1. The summed E-state index contributed by atoms with van der Waals surface area (Å²) in [5.74, 6) is -2.49. The molecule has 0 spiro atoms. The number of alkyl halides is 3. The van der Waals surface area contributed by atoms with E-state index in [-0.39, 0.29) is 12.8 Å². The van der Waals surface area contributed by atoms with E-state index < -0.39 is 42.9 Å². The van der Waals surface area contributed by atoms with E-state index in [2.05, 4.69) is 0 Å². The van der Waals surface area contributed by atoms with Crippen LogP contribution in [-0.4, -0.2) is 26.0 Å². The number of nitrogens with one attached hydrogen (secondary N) is 1. The van der Waals surface area contributed by atoms with Gasteiger partial charge in [0.1, 0.15) is 11.4 Å². The fourth-order valence-electron chi connectivity index (χ4n) is 1.72. The van der Waals surface area contributed by atoms with Crippen LogP contribution in [0, 0.1) is 5.82 Å². The van der Waals surface area contributed by atoms with Gasteiger partial charge in [0.25, 0.3) is 15.0 Å². The van der Waals surface area contributed by atoms with E-state index in [0.717, 1.165) is 6.07 Å². The zero-order valence-electron chi connectivity index (χ0n) is 10.2. The molecule has 1 fully saturated rings. The van der Waals surface area contributed by atoms with Crippen molar-refractivity contribution in [2.75, 3.05) is 0 Å². The molecule has 1 aromatic carbocycles. The van der Waals surface area contributed by atoms with Crippen LogP contribution in [0.5, 0.6) is 0 Å². The van der Waals surface area contributed by atoms with Gasteiger partial charge in [0, 0.05) is 10.7 Å². The van der Waals surface area contributed by atoms with Crippen LogP contribution in [0.25, 0.3) is 0 Å². The maximum Gasteiger partial charge on any atom is 0.411 e. The predicted molar refractivity (Wildman–Crippen MR) is 64.9 cm³/mol. The summed E-state index contributed by atoms with van der Waals surface area (Å²) in [5.41, 5.74) is -3.18. The molecule has 1 aliphatic carbocycles. The second-order valence-electron chi connectivity index (χ2n) is 4.61. The third-order valence-electron chi connectivity index (χ3n) is 3.11. The van der Waals surface area contributed by atoms with Crippen molar-refractivity contribution in [1.82, 2.24) is 5.32 Å². The Kier molecular flexibility index (Phi) is 3.69. The third-order valence-corrected chi connectivity index (χ3v) is 4.46. The lowest BCUT2D eigenvalue weighted by Gasteiger charge is -2.20. The van der Waals surface area contributed by atoms with Gasteiger partial charge in [0.2, 0.25) is 0 Å². The van der Waals surface area contributed by atoms with E-state index in [0.29, 0.717) is 12.1 Å². The third kappa shape index (κ3) is 3.13. The molecule has 21 heavy (non-hydrogen) atoms. The Morgan fingerprint density at radius 3 is 2.29 bits per heavy atom. The van der Waals surface area contributed by atoms with Crippen LogP contribution in [0.3, 0.4) is 0 Å². The molecule has 4 nitrogen and oxygen atoms in total. The molecular weight excluding hydrogens is 338 g/mol. The Balaban J connectivity index is 2.32. The zero-order valence-corrected chi connectivity index (χ0v) is 11.7. The number of amides is 1. The Bertz CT molecular complexity index is 698. The van der Waals surface area contributed by atoms with E-state index in [1.54, 1.807) is 5.32 Å². The quantitative estimate of drug-likeness (QED) is 0.676. The largest absolute Gasteiger partial charge is 0.411 e. The van der Waals surface area contributed by atoms with Crippen molar-refractivity contribution < 1.29 is 30.8 Å². The first-order valence-corrected chi connectivity index (χ1v) is 7.91. The summed E-state index contributed by atoms with van der Waals surface area (Å²) in [4.78, 5) is 11.2. The SMILES string of the molecule is O=C(NC1(C(F)(F)F)CC1)c1cc(S(=O)(=O)Cl)ccc1F. The highest BCUT2D eigenvalue weighted by atomic mass is 35.7. The minimum atomic E-state index is -4.66. The molecule has 0 radical (unpaired) electrons. The average molecular weight is 346 g/mol. The predicted octanol–water partition coefficient (Wildman–Crippen LogP) is 2.58. The van der Waals surface area contributed by atoms with Crippen LogP contribution in [-0.2, 0) is 9.05 Å². The molecule has 0 unspecified atom stereocenters. The van der Waals surface area contributed by atoms with Crippen LogP contribution in [0.4, 0.5) is 17.6 Å². The van der Waals surface area contributed by atoms with Gasteiger partial charge in [0.15, 0.2) is 0 Å². The number of rotatable bonds is 3. The maximum absolute atomic E-state index is 13.5. The number of carbonyl (C=O) groups is 1. The minimum absolute atomic E-state index is 0.308. The van der Waals surface area contributed by atoms with E-state index in [9.17, 15) is 30.8 Å². The van der Waals surface area contributed by atoms with Crippen LogP contribution in [0.2, 0.25) is 0 Å². The maximum atomic E-state index is 13.5. The Morgan fingerprint density at radius 1 is 1.29 bits per heavy atom. The number of hydrogen-bond acceptors (Lipinski definition) is 3. The molecule has 2 rings (SSSR count). The highest BCUT2D eigenvalue weighted by Gasteiger charge is 2.64. The molecule has 0 atom stereocenters. The van der Waals surface area contributed by atoms with Crippen molar-refractivity contribution in [2.24, 2.45) is 0 Å². The average Bonchev–Trinajstić information content (AvgIpc) is 3.08. The van der Waals surface area contributed by atoms with Gasteiger partial charge in [-0.05, 0) is 31.0 Å². The molecule has 0 heterocycles. The van der Waals surface area contributed by atoms with E-state index >= 15 is 0 Å². The second kappa shape index (κ2) is 4.84. The van der Waals surface area contributed by atoms with Crippen molar-refractivity contribution in [3.63, 3.8) is 0 Å². The zero-order chi connectivity index (χ0) is 16.1. The van der Waals surface area contributed by atoms with Gasteiger partial charge in [-0.3, -0.25) is 4.79 Å². The number of benzene rings is 1. The molecule has 10 heteroatoms. The van der Waals surface area contributed by atoms with E-state index in [1.807, 2.05) is 0 Å². The molecule has 1 N–H and O–H groups in total. The summed E-state index contributed by atoms with van der Waals surface area (Å²) in [7, 11) is 0.815. The Labute approximate surface area is 121 Å². The topological polar surface area (TPSA) is 63.2 Å². The Morgan fingerprint density at radius 2 is 1.86 bits per heavy atom. The van der Waals surface area contributed by atoms with Gasteiger partial charge in [-0.1, -0.05) is 0 Å². The lowest BCUT2D eigenvalue weighted by atomic mass is 10.1. The molecule has 0 aromatic heterocycles. The summed E-state index contributed by atoms with van der Waals surface area (Å²) < 4.78 is 73.9. The summed E-state index contributed by atoms with van der Waals surface area (Å²) in [6.07, 6.45) is -5.27. The van der Waals surface area contributed by atoms with E-state index in [4.69, 9.17) is 10.7 Å². The molecule has 0 aliphatic heterocycles. The van der Waals surface area contributed by atoms with Gasteiger partial charge in [-0.25, -0.2) is 12.8 Å². The molecule has 116 valence electrons. The molecule has 0 bridgehead atoms. The molecule has 0 saturated heterocycles. The lowest BCUT2D eigenvalue weighted by molar-refractivity contribution is -0.163. The first-order valence-electron chi connectivity index (χ1n) is 5.60. The summed E-state index contributed by atoms with van der Waals surface area (Å²) >= 11 is 0. The molecular formula is C11H8ClF4NO3S. The van der Waals surface area contributed by atoms with Crippen LogP contribution < -0.4 is 5.32 Å². The standard InChI is InChI=1S/C11H8ClF4NO3S/c12-21(19,20)6-1-2-8(13)7(5-6)9(18)17-10(3-4-10)11(14,15)16/h1-2,5H,3-4H2,(H,17,18). The summed E-state index contributed by atoms with van der Waals surface area (Å²) in [5, 5.41) is 1.70. The van der Waals surface area contributed by atoms with Gasteiger partial charge in [-0.2, -0.15) is 13.2 Å². The summed E-state index contributed by atoms with van der Waals surface area (Å²) in [6, 6.07) is 2.06. The fraction of sp³-hybridized carbons (Fsp3) is 0.364. The first kappa shape index (κ1) is 16.0. The second-order valence-corrected chi connectivity index (χ2v) is 7.18. The van der Waals surface area contributed by atoms with Gasteiger partial charge in [-0.15, -0.1) is 0 Å². The van der Waals surface area contributed by atoms with E-state index in [1.165, 1.54) is 0 Å². The highest BCUT2D eigenvalue weighted by molar-refractivity contribution is 8.13. The van der Waals surface area contributed by atoms with Crippen molar-refractivity contribution in [2.45, 2.75) is 29.5 Å². The van der Waals surface area contributed by atoms with Crippen LogP contribution in [0.15, 0.2) is 23.1 Å². The Hall–Kier alpha value is -1.35. The highest BCUT2D eigenvalue weighted by Crippen LogP contribution is 2.49. The molecule has 1 aliphatic rings. The van der Waals surface area contributed by atoms with Gasteiger partial charge in [0.05, 0.1) is 10.5 Å². The summed E-state index contributed by atoms with van der Waals surface area (Å²) in [6.45, 7) is 0. The molecule has 1 saturated carbocycles. The van der Waals surface area contributed by atoms with Crippen molar-refractivity contribution in [3.8, 4) is 0 Å². The number of halogens is 5. The smallest absolute Gasteiger partial charge is 0.338 e. The van der Waals surface area contributed by atoms with Crippen molar-refractivity contribution >= 4 is 25.6 Å². The molecule has 1 amide bonds. The van der Waals surface area contributed by atoms with Crippen molar-refractivity contribution in [1.29, 1.82) is 0 Å². The van der Waals surface area contributed by atoms with Gasteiger partial charge >= 0.3 is 6.18 Å². The fourth-order valence-corrected chi connectivity index (χ4v) is 2.50. The monoisotopic (exact) mass is 345 g/mol. The van der Waals surface area contributed by atoms with Crippen molar-refractivity contribution in [3.05, 3.63) is 29.6 Å². The van der Waals surface area contributed by atoms with Crippen LogP contribution >= 0.6 is 10.7 Å². The lowest BCUT2D eigenvalue weighted by Crippen LogP contribution is -2.48. The minimum Gasteiger partial charge on any atom is -0.338 e. The normalized spacial score (nSPS) is 17.4. The molecule has 1 aromatic rings. The number of hydrogen-bond donors (Lipinski definition) is 1.